The van der Waals surface area contributed by atoms with Gasteiger partial charge in [0.05, 0.1) is 0 Å². The minimum atomic E-state index is -0.205. The van der Waals surface area contributed by atoms with Crippen molar-refractivity contribution in [2.75, 3.05) is 31.6 Å². The summed E-state index contributed by atoms with van der Waals surface area (Å²) in [6.45, 7) is 6.26. The van der Waals surface area contributed by atoms with Crippen molar-refractivity contribution >= 4 is 11.6 Å². The van der Waals surface area contributed by atoms with Gasteiger partial charge in [0.1, 0.15) is 5.82 Å². The Balaban J connectivity index is 1.98. The van der Waals surface area contributed by atoms with E-state index in [0.717, 1.165) is 37.2 Å². The van der Waals surface area contributed by atoms with E-state index in [0.29, 0.717) is 6.54 Å². The van der Waals surface area contributed by atoms with Crippen molar-refractivity contribution < 1.29 is 9.18 Å². The van der Waals surface area contributed by atoms with Gasteiger partial charge in [0.15, 0.2) is 0 Å². The van der Waals surface area contributed by atoms with Crippen molar-refractivity contribution in [2.45, 2.75) is 32.7 Å². The highest BCUT2D eigenvalue weighted by Gasteiger charge is 2.24. The molecule has 2 N–H and O–H groups in total. The van der Waals surface area contributed by atoms with Crippen molar-refractivity contribution in [3.63, 3.8) is 0 Å². The largest absolute Gasteiger partial charge is 0.369 e. The first-order valence-corrected chi connectivity index (χ1v) is 7.97. The zero-order chi connectivity index (χ0) is 16.1. The van der Waals surface area contributed by atoms with Gasteiger partial charge in [-0.05, 0) is 50.6 Å². The topological polar surface area (TPSA) is 44.4 Å². The number of nitrogens with zero attached hydrogens (tertiary/aromatic N) is 1. The normalized spacial score (nSPS) is 19.8. The molecule has 2 rings (SSSR count). The molecule has 1 fully saturated rings. The van der Waals surface area contributed by atoms with Crippen LogP contribution in [0.25, 0.3) is 0 Å². The molecular weight excluding hydrogens is 281 g/mol. The molecule has 5 heteroatoms. The fourth-order valence-electron chi connectivity index (χ4n) is 3.03. The Morgan fingerprint density at radius 2 is 2.27 bits per heavy atom. The summed E-state index contributed by atoms with van der Waals surface area (Å²) >= 11 is 0. The summed E-state index contributed by atoms with van der Waals surface area (Å²) in [6.07, 6.45) is 2.02. The Hall–Kier alpha value is -1.62. The summed E-state index contributed by atoms with van der Waals surface area (Å²) in [6, 6.07) is 5.05. The van der Waals surface area contributed by atoms with E-state index >= 15 is 0 Å². The molecule has 0 aromatic heterocycles. The van der Waals surface area contributed by atoms with Crippen LogP contribution >= 0.6 is 0 Å². The maximum atomic E-state index is 13.2. The molecule has 1 amide bonds. The number of rotatable bonds is 5. The van der Waals surface area contributed by atoms with Crippen LogP contribution < -0.4 is 15.5 Å². The number of piperidine rings is 1. The van der Waals surface area contributed by atoms with Gasteiger partial charge in [-0.1, -0.05) is 6.92 Å². The van der Waals surface area contributed by atoms with Crippen LogP contribution in [0.4, 0.5) is 10.1 Å². The number of halogens is 1. The third-order valence-corrected chi connectivity index (χ3v) is 4.23. The number of carbonyl (C=O) groups excluding carboxylic acids is 1. The lowest BCUT2D eigenvalue weighted by atomic mass is 10.0. The Morgan fingerprint density at radius 1 is 1.50 bits per heavy atom. The molecule has 0 spiro atoms. The first-order chi connectivity index (χ1) is 10.5. The number of carbonyl (C=O) groups is 1. The third kappa shape index (κ3) is 4.19. The van der Waals surface area contributed by atoms with Gasteiger partial charge in [-0.15, -0.1) is 0 Å². The molecule has 22 heavy (non-hydrogen) atoms. The SMILES string of the molecule is CNCC(C)C(=O)NC1CCCN(c2ccc(F)cc2C)C1. The van der Waals surface area contributed by atoms with Crippen LogP contribution in [0, 0.1) is 18.7 Å². The summed E-state index contributed by atoms with van der Waals surface area (Å²) in [5.74, 6) is -0.144. The van der Waals surface area contributed by atoms with E-state index in [2.05, 4.69) is 15.5 Å². The number of hydrogen-bond acceptors (Lipinski definition) is 3. The van der Waals surface area contributed by atoms with Crippen molar-refractivity contribution in [3.8, 4) is 0 Å². The lowest BCUT2D eigenvalue weighted by Crippen LogP contribution is -2.50. The van der Waals surface area contributed by atoms with E-state index in [-0.39, 0.29) is 23.7 Å². The van der Waals surface area contributed by atoms with Crippen molar-refractivity contribution in [3.05, 3.63) is 29.6 Å². The molecule has 2 unspecified atom stereocenters. The molecule has 1 aliphatic rings. The Kier molecular flexibility index (Phi) is 5.77. The number of anilines is 1. The number of hydrogen-bond donors (Lipinski definition) is 2. The summed E-state index contributed by atoms with van der Waals surface area (Å²) in [5.41, 5.74) is 2.00. The molecule has 122 valence electrons. The quantitative estimate of drug-likeness (QED) is 0.875. The molecule has 1 saturated heterocycles. The van der Waals surface area contributed by atoms with Crippen LogP contribution in [0.15, 0.2) is 18.2 Å². The minimum Gasteiger partial charge on any atom is -0.369 e. The average molecular weight is 307 g/mol. The number of nitrogens with one attached hydrogen (secondary N) is 2. The molecule has 0 saturated carbocycles. The highest BCUT2D eigenvalue weighted by molar-refractivity contribution is 5.79. The van der Waals surface area contributed by atoms with E-state index in [1.54, 1.807) is 6.07 Å². The first-order valence-electron chi connectivity index (χ1n) is 7.97. The molecule has 1 aliphatic heterocycles. The number of aryl methyl sites for hydroxylation is 1. The molecule has 2 atom stereocenters. The second-order valence-corrected chi connectivity index (χ2v) is 6.18. The van der Waals surface area contributed by atoms with Crippen LogP contribution in [-0.2, 0) is 4.79 Å². The Morgan fingerprint density at radius 3 is 2.95 bits per heavy atom. The van der Waals surface area contributed by atoms with Gasteiger partial charge >= 0.3 is 0 Å². The first kappa shape index (κ1) is 16.7. The molecular formula is C17H26FN3O. The van der Waals surface area contributed by atoms with Crippen LogP contribution in [-0.4, -0.2) is 38.6 Å². The molecule has 0 radical (unpaired) electrons. The lowest BCUT2D eigenvalue weighted by molar-refractivity contribution is -0.125. The maximum Gasteiger partial charge on any atom is 0.224 e. The van der Waals surface area contributed by atoms with Gasteiger partial charge in [0.2, 0.25) is 5.91 Å². The van der Waals surface area contributed by atoms with E-state index in [1.165, 1.54) is 6.07 Å². The molecule has 1 aromatic rings. The smallest absolute Gasteiger partial charge is 0.224 e. The van der Waals surface area contributed by atoms with Gasteiger partial charge in [-0.2, -0.15) is 0 Å². The van der Waals surface area contributed by atoms with Crippen LogP contribution in [0.1, 0.15) is 25.3 Å². The molecule has 1 heterocycles. The zero-order valence-corrected chi connectivity index (χ0v) is 13.7. The molecule has 1 aromatic carbocycles. The number of amides is 1. The van der Waals surface area contributed by atoms with E-state index in [4.69, 9.17) is 0 Å². The van der Waals surface area contributed by atoms with Gasteiger partial charge in [-0.25, -0.2) is 4.39 Å². The fourth-order valence-corrected chi connectivity index (χ4v) is 3.03. The van der Waals surface area contributed by atoms with Crippen LogP contribution in [0.5, 0.6) is 0 Å². The minimum absolute atomic E-state index is 0.0343. The van der Waals surface area contributed by atoms with Gasteiger partial charge in [0, 0.05) is 37.3 Å². The predicted octanol–water partition coefficient (Wildman–Crippen LogP) is 2.07. The monoisotopic (exact) mass is 307 g/mol. The van der Waals surface area contributed by atoms with Crippen molar-refractivity contribution in [1.29, 1.82) is 0 Å². The molecule has 0 bridgehead atoms. The van der Waals surface area contributed by atoms with Crippen LogP contribution in [0.3, 0.4) is 0 Å². The second kappa shape index (κ2) is 7.58. The lowest BCUT2D eigenvalue weighted by Gasteiger charge is -2.36. The standard InChI is InChI=1S/C17H26FN3O/c1-12-9-14(18)6-7-16(12)21-8-4-5-15(11-21)20-17(22)13(2)10-19-3/h6-7,9,13,15,19H,4-5,8,10-11H2,1-3H3,(H,20,22). The van der Waals surface area contributed by atoms with Crippen molar-refractivity contribution in [1.82, 2.24) is 10.6 Å². The predicted molar refractivity (Wildman–Crippen MR) is 87.6 cm³/mol. The Bertz CT molecular complexity index is 521. The Labute approximate surface area is 132 Å². The summed E-state index contributed by atoms with van der Waals surface area (Å²) in [4.78, 5) is 14.4. The molecule has 0 aliphatic carbocycles. The highest BCUT2D eigenvalue weighted by atomic mass is 19.1. The zero-order valence-electron chi connectivity index (χ0n) is 13.7. The maximum absolute atomic E-state index is 13.2. The highest BCUT2D eigenvalue weighted by Crippen LogP contribution is 2.24. The summed E-state index contributed by atoms with van der Waals surface area (Å²) in [7, 11) is 1.85. The fraction of sp³-hybridized carbons (Fsp3) is 0.588. The summed E-state index contributed by atoms with van der Waals surface area (Å²) < 4.78 is 13.2. The van der Waals surface area contributed by atoms with E-state index in [1.807, 2.05) is 27.0 Å². The average Bonchev–Trinajstić information content (AvgIpc) is 2.47. The third-order valence-electron chi connectivity index (χ3n) is 4.23. The van der Waals surface area contributed by atoms with E-state index in [9.17, 15) is 9.18 Å². The summed E-state index contributed by atoms with van der Waals surface area (Å²) in [5, 5.41) is 6.17. The van der Waals surface area contributed by atoms with Crippen LogP contribution in [0.2, 0.25) is 0 Å². The molecule has 4 nitrogen and oxygen atoms in total. The second-order valence-electron chi connectivity index (χ2n) is 6.18. The van der Waals surface area contributed by atoms with Gasteiger partial charge in [0.25, 0.3) is 0 Å². The van der Waals surface area contributed by atoms with Gasteiger partial charge < -0.3 is 15.5 Å². The number of benzene rings is 1. The van der Waals surface area contributed by atoms with E-state index < -0.39 is 0 Å². The van der Waals surface area contributed by atoms with Crippen molar-refractivity contribution in [2.24, 2.45) is 5.92 Å². The van der Waals surface area contributed by atoms with Gasteiger partial charge in [-0.3, -0.25) is 4.79 Å².